The van der Waals surface area contributed by atoms with E-state index in [2.05, 4.69) is 168 Å². The molecule has 0 spiro atoms. The van der Waals surface area contributed by atoms with E-state index in [4.69, 9.17) is 14.4 Å². The lowest BCUT2D eigenvalue weighted by atomic mass is 9.99. The van der Waals surface area contributed by atoms with Crippen molar-refractivity contribution in [3.63, 3.8) is 0 Å². The Labute approximate surface area is 317 Å². The lowest BCUT2D eigenvalue weighted by molar-refractivity contribution is 0.673. The molecular formula is C50H27N3OS. The zero-order valence-electron chi connectivity index (χ0n) is 29.2. The molecule has 4 heterocycles. The number of thiophene rings is 1. The number of rotatable bonds is 2. The van der Waals surface area contributed by atoms with E-state index in [1.165, 1.54) is 47.1 Å². The topological polar surface area (TPSA) is 43.9 Å². The quantitative estimate of drug-likeness (QED) is 0.167. The lowest BCUT2D eigenvalue weighted by Crippen LogP contribution is -2.04. The van der Waals surface area contributed by atoms with Crippen LogP contribution >= 0.6 is 11.3 Å². The summed E-state index contributed by atoms with van der Waals surface area (Å²) in [6, 6.07) is 58.6. The van der Waals surface area contributed by atoms with E-state index < -0.39 is 0 Å². The number of hydrogen-bond acceptors (Lipinski definition) is 4. The van der Waals surface area contributed by atoms with Crippen LogP contribution < -0.4 is 0 Å². The van der Waals surface area contributed by atoms with Crippen LogP contribution in [0.15, 0.2) is 168 Å². The fraction of sp³-hybridized carbons (Fsp3) is 0. The number of nitrogens with zero attached hydrogens (tertiary/aromatic N) is 3. The molecule has 0 aliphatic carbocycles. The highest BCUT2D eigenvalue weighted by Gasteiger charge is 2.24. The third kappa shape index (κ3) is 3.94. The Balaban J connectivity index is 1.19. The second-order valence-electron chi connectivity index (χ2n) is 14.5. The van der Waals surface area contributed by atoms with Crippen molar-refractivity contribution in [2.75, 3.05) is 0 Å². The molecular weight excluding hydrogens is 691 g/mol. The first-order valence-electron chi connectivity index (χ1n) is 18.6. The Hall–Kier alpha value is -7.08. The largest absolute Gasteiger partial charge is 0.455 e. The minimum Gasteiger partial charge on any atom is -0.455 e. The number of aromatic nitrogens is 3. The fourth-order valence-electron chi connectivity index (χ4n) is 9.16. The molecule has 0 unspecified atom stereocenters. The van der Waals surface area contributed by atoms with Crippen LogP contribution in [0.2, 0.25) is 0 Å². The Kier molecular flexibility index (Phi) is 5.74. The molecule has 254 valence electrons. The normalized spacial score (nSPS) is 12.4. The van der Waals surface area contributed by atoms with Gasteiger partial charge in [0, 0.05) is 58.7 Å². The monoisotopic (exact) mass is 717 g/mol. The van der Waals surface area contributed by atoms with Crippen LogP contribution in [0.5, 0.6) is 0 Å². The summed E-state index contributed by atoms with van der Waals surface area (Å²) in [6.45, 7) is 0. The summed E-state index contributed by atoms with van der Waals surface area (Å²) in [5.41, 5.74) is 6.75. The van der Waals surface area contributed by atoms with Crippen molar-refractivity contribution in [3.8, 4) is 17.2 Å². The van der Waals surface area contributed by atoms with Gasteiger partial charge < -0.3 is 4.42 Å². The van der Waals surface area contributed by atoms with Gasteiger partial charge >= 0.3 is 0 Å². The molecule has 0 N–H and O–H groups in total. The first-order valence-corrected chi connectivity index (χ1v) is 19.4. The van der Waals surface area contributed by atoms with Crippen LogP contribution in [0, 0.1) is 0 Å². The number of fused-ring (bicyclic) bond motifs is 18. The average Bonchev–Trinajstić information content (AvgIpc) is 3.93. The molecule has 0 saturated carbocycles. The maximum absolute atomic E-state index is 6.70. The maximum Gasteiger partial charge on any atom is 0.235 e. The minimum absolute atomic E-state index is 0.648. The summed E-state index contributed by atoms with van der Waals surface area (Å²) in [5.74, 6) is 0.648. The van der Waals surface area contributed by atoms with Gasteiger partial charge in [0.15, 0.2) is 0 Å². The summed E-state index contributed by atoms with van der Waals surface area (Å²) in [7, 11) is 0. The average molecular weight is 718 g/mol. The van der Waals surface area contributed by atoms with E-state index in [1.54, 1.807) is 0 Å². The summed E-state index contributed by atoms with van der Waals surface area (Å²) in [5, 5.41) is 15.2. The number of benzene rings is 9. The van der Waals surface area contributed by atoms with Crippen molar-refractivity contribution >= 4 is 118 Å². The summed E-state index contributed by atoms with van der Waals surface area (Å²) < 4.78 is 11.5. The van der Waals surface area contributed by atoms with E-state index in [1.807, 2.05) is 11.3 Å². The maximum atomic E-state index is 6.70. The molecule has 9 aromatic carbocycles. The molecule has 0 fully saturated rings. The number of furan rings is 1. The third-order valence-corrected chi connectivity index (χ3v) is 12.7. The summed E-state index contributed by atoms with van der Waals surface area (Å²) >= 11 is 1.85. The predicted molar refractivity (Wildman–Crippen MR) is 232 cm³/mol. The predicted octanol–water partition coefficient (Wildman–Crippen LogP) is 14.1. The second-order valence-corrected chi connectivity index (χ2v) is 15.5. The molecule has 13 aromatic rings. The highest BCUT2D eigenvalue weighted by Crippen LogP contribution is 2.48. The lowest BCUT2D eigenvalue weighted by Gasteiger charge is -2.14. The van der Waals surface area contributed by atoms with Crippen molar-refractivity contribution in [3.05, 3.63) is 164 Å². The molecule has 0 bridgehead atoms. The molecule has 0 atom stereocenters. The van der Waals surface area contributed by atoms with E-state index in [0.717, 1.165) is 71.3 Å². The van der Waals surface area contributed by atoms with Gasteiger partial charge in [-0.05, 0) is 57.9 Å². The van der Waals surface area contributed by atoms with E-state index in [9.17, 15) is 0 Å². The van der Waals surface area contributed by atoms with Crippen molar-refractivity contribution in [2.24, 2.45) is 0 Å². The molecule has 0 saturated heterocycles. The first kappa shape index (κ1) is 29.4. The second kappa shape index (κ2) is 10.8. The number of hydrogen-bond donors (Lipinski definition) is 0. The van der Waals surface area contributed by atoms with Crippen LogP contribution in [0.25, 0.3) is 124 Å². The SMILES string of the molecule is c1ccc2c(c1)ccc1c(-c3ccc4c(c3)oc3c5ccccc5ccc43)nc(-n3c4ccccc4c4c5ccccc5c5c6ccccc6sc5c43)nc12. The van der Waals surface area contributed by atoms with Crippen LogP contribution in [-0.4, -0.2) is 14.5 Å². The highest BCUT2D eigenvalue weighted by atomic mass is 32.1. The van der Waals surface area contributed by atoms with Gasteiger partial charge in [-0.3, -0.25) is 4.57 Å². The van der Waals surface area contributed by atoms with Crippen molar-refractivity contribution in [2.45, 2.75) is 0 Å². The van der Waals surface area contributed by atoms with E-state index in [0.29, 0.717) is 5.95 Å². The van der Waals surface area contributed by atoms with E-state index >= 15 is 0 Å². The van der Waals surface area contributed by atoms with Crippen LogP contribution in [0.1, 0.15) is 0 Å². The molecule has 0 aliphatic heterocycles. The van der Waals surface area contributed by atoms with Crippen LogP contribution in [0.4, 0.5) is 0 Å². The molecule has 0 radical (unpaired) electrons. The first-order chi connectivity index (χ1) is 27.3. The van der Waals surface area contributed by atoms with Gasteiger partial charge in [-0.1, -0.05) is 127 Å². The van der Waals surface area contributed by atoms with Gasteiger partial charge in [-0.15, -0.1) is 11.3 Å². The zero-order chi connectivity index (χ0) is 35.8. The Morgan fingerprint density at radius 1 is 0.473 bits per heavy atom. The highest BCUT2D eigenvalue weighted by molar-refractivity contribution is 7.27. The molecule has 13 rings (SSSR count). The van der Waals surface area contributed by atoms with Gasteiger partial charge in [-0.2, -0.15) is 0 Å². The standard InChI is InChI=1S/C50H27N3OS/c1-3-13-31-28(11-1)22-26-39-45(30-23-24-33-36-25-21-29-12-2-4-14-32(29)48(36)54-41(33)27-30)51-50(52-46(31)39)53-40-19-9-7-17-37(40)43-34-15-5-6-16-35(34)44-38-18-8-10-20-42(38)55-49(44)47(43)53/h1-27H. The molecule has 55 heavy (non-hydrogen) atoms. The van der Waals surface area contributed by atoms with Gasteiger partial charge in [-0.25, -0.2) is 9.97 Å². The Morgan fingerprint density at radius 2 is 1.11 bits per heavy atom. The van der Waals surface area contributed by atoms with Crippen molar-refractivity contribution < 1.29 is 4.42 Å². The molecule has 0 amide bonds. The zero-order valence-corrected chi connectivity index (χ0v) is 30.1. The smallest absolute Gasteiger partial charge is 0.235 e. The third-order valence-electron chi connectivity index (χ3n) is 11.6. The van der Waals surface area contributed by atoms with E-state index in [-0.39, 0.29) is 0 Å². The van der Waals surface area contributed by atoms with Crippen LogP contribution in [0.3, 0.4) is 0 Å². The van der Waals surface area contributed by atoms with Gasteiger partial charge in [0.05, 0.1) is 26.9 Å². The fourth-order valence-corrected chi connectivity index (χ4v) is 10.4. The Bertz CT molecular complexity index is 3790. The van der Waals surface area contributed by atoms with Crippen LogP contribution in [-0.2, 0) is 0 Å². The molecule has 4 nitrogen and oxygen atoms in total. The summed E-state index contributed by atoms with van der Waals surface area (Å²) in [4.78, 5) is 11.1. The van der Waals surface area contributed by atoms with Crippen molar-refractivity contribution in [1.29, 1.82) is 0 Å². The number of para-hydroxylation sites is 1. The Morgan fingerprint density at radius 3 is 1.95 bits per heavy atom. The van der Waals surface area contributed by atoms with Gasteiger partial charge in [0.25, 0.3) is 0 Å². The summed E-state index contributed by atoms with van der Waals surface area (Å²) in [6.07, 6.45) is 0. The van der Waals surface area contributed by atoms with Gasteiger partial charge in [0.1, 0.15) is 11.2 Å². The van der Waals surface area contributed by atoms with Crippen molar-refractivity contribution in [1.82, 2.24) is 14.5 Å². The molecule has 0 aliphatic rings. The molecule has 4 aromatic heterocycles. The minimum atomic E-state index is 0.648. The molecule has 5 heteroatoms. The van der Waals surface area contributed by atoms with Gasteiger partial charge in [0.2, 0.25) is 5.95 Å².